The molecule has 0 aliphatic carbocycles. The molecule has 4 nitrogen and oxygen atoms in total. The largest absolute Gasteiger partial charge is 0.609 e. The number of nitrogens with zero attached hydrogens (tertiary/aromatic N) is 2. The molecule has 0 spiro atoms. The van der Waals surface area contributed by atoms with Crippen LogP contribution in [0.5, 0.6) is 0 Å². The van der Waals surface area contributed by atoms with Gasteiger partial charge in [0, 0.05) is 36.0 Å². The number of rotatable bonds is 6. The average Bonchev–Trinajstić information content (AvgIpc) is 2.98. The lowest BCUT2D eigenvalue weighted by Gasteiger charge is -2.26. The van der Waals surface area contributed by atoms with Gasteiger partial charge in [0.2, 0.25) is 0 Å². The standard InChI is InChI=1S/C22H27N3OS2/c1-16(2)14-25(4)19-13-9-8-10-17(19)15-28(26)21-23-20(27)22(3,24-21)18-11-6-5-7-12-18/h5-13,16H,14-15H2,1-4H3,(H,23,24,27). The van der Waals surface area contributed by atoms with Gasteiger partial charge >= 0.3 is 5.17 Å². The predicted octanol–water partition coefficient (Wildman–Crippen LogP) is 4.23. The first-order valence-electron chi connectivity index (χ1n) is 9.45. The number of aliphatic imine (C=N–C) groups is 1. The van der Waals surface area contributed by atoms with Gasteiger partial charge in [0.1, 0.15) is 16.3 Å². The summed E-state index contributed by atoms with van der Waals surface area (Å²) in [4.78, 5) is 7.20. The highest BCUT2D eigenvalue weighted by Crippen LogP contribution is 2.30. The van der Waals surface area contributed by atoms with Gasteiger partial charge in [0.15, 0.2) is 0 Å². The fraction of sp³-hybridized carbons (Fsp3) is 0.364. The molecule has 2 aromatic rings. The van der Waals surface area contributed by atoms with Crippen molar-refractivity contribution in [3.63, 3.8) is 0 Å². The van der Waals surface area contributed by atoms with Crippen molar-refractivity contribution in [1.82, 2.24) is 5.32 Å². The van der Waals surface area contributed by atoms with Crippen LogP contribution in [0.2, 0.25) is 0 Å². The second-order valence-electron chi connectivity index (χ2n) is 7.73. The van der Waals surface area contributed by atoms with Crippen LogP contribution < -0.4 is 10.2 Å². The van der Waals surface area contributed by atoms with Crippen molar-refractivity contribution < 1.29 is 4.55 Å². The summed E-state index contributed by atoms with van der Waals surface area (Å²) in [6.45, 7) is 7.32. The van der Waals surface area contributed by atoms with Crippen LogP contribution in [-0.2, 0) is 22.5 Å². The fourth-order valence-corrected chi connectivity index (χ4v) is 4.93. The topological polar surface area (TPSA) is 50.7 Å². The lowest BCUT2D eigenvalue weighted by Crippen LogP contribution is -2.44. The molecule has 1 aliphatic rings. The molecule has 148 valence electrons. The minimum absolute atomic E-state index is 0.401. The number of hydrogen-bond acceptors (Lipinski definition) is 4. The summed E-state index contributed by atoms with van der Waals surface area (Å²) in [5, 5.41) is 3.79. The van der Waals surface area contributed by atoms with Gasteiger partial charge in [-0.3, -0.25) is 0 Å². The lowest BCUT2D eigenvalue weighted by atomic mass is 9.93. The van der Waals surface area contributed by atoms with E-state index in [9.17, 15) is 4.55 Å². The van der Waals surface area contributed by atoms with Crippen molar-refractivity contribution in [2.75, 3.05) is 18.5 Å². The first-order chi connectivity index (χ1) is 13.3. The van der Waals surface area contributed by atoms with Crippen molar-refractivity contribution in [3.05, 3.63) is 65.7 Å². The second kappa shape index (κ2) is 8.64. The molecule has 1 heterocycles. The molecule has 1 aliphatic heterocycles. The van der Waals surface area contributed by atoms with E-state index in [0.29, 0.717) is 21.8 Å². The van der Waals surface area contributed by atoms with Crippen LogP contribution in [0.15, 0.2) is 59.6 Å². The average molecular weight is 414 g/mol. The van der Waals surface area contributed by atoms with Crippen molar-refractivity contribution in [1.29, 1.82) is 0 Å². The highest BCUT2D eigenvalue weighted by molar-refractivity contribution is 8.05. The Kier molecular flexibility index (Phi) is 6.43. The van der Waals surface area contributed by atoms with E-state index < -0.39 is 16.7 Å². The van der Waals surface area contributed by atoms with Crippen LogP contribution >= 0.6 is 12.2 Å². The Morgan fingerprint density at radius 3 is 2.46 bits per heavy atom. The maximum absolute atomic E-state index is 13.1. The molecule has 2 aromatic carbocycles. The summed E-state index contributed by atoms with van der Waals surface area (Å²) >= 11 is 4.22. The van der Waals surface area contributed by atoms with Gasteiger partial charge in [-0.1, -0.05) is 74.6 Å². The third kappa shape index (κ3) is 4.40. The molecule has 0 saturated heterocycles. The van der Waals surface area contributed by atoms with Crippen LogP contribution in [0, 0.1) is 5.92 Å². The molecule has 0 fully saturated rings. The number of nitrogens with one attached hydrogen (secondary N) is 1. The summed E-state index contributed by atoms with van der Waals surface area (Å²) in [6.07, 6.45) is 0. The molecule has 6 heteroatoms. The van der Waals surface area contributed by atoms with Gasteiger partial charge in [-0.15, -0.1) is 0 Å². The fourth-order valence-electron chi connectivity index (χ4n) is 3.44. The van der Waals surface area contributed by atoms with E-state index in [-0.39, 0.29) is 0 Å². The molecule has 1 N–H and O–H groups in total. The van der Waals surface area contributed by atoms with Gasteiger partial charge in [0.05, 0.1) is 0 Å². The number of para-hydroxylation sites is 1. The molecule has 2 unspecified atom stereocenters. The number of anilines is 1. The molecule has 0 amide bonds. The minimum Gasteiger partial charge on any atom is -0.609 e. The Morgan fingerprint density at radius 1 is 1.14 bits per heavy atom. The smallest absolute Gasteiger partial charge is 0.318 e. The first-order valence-corrected chi connectivity index (χ1v) is 11.2. The van der Waals surface area contributed by atoms with E-state index in [0.717, 1.165) is 23.4 Å². The second-order valence-corrected chi connectivity index (χ2v) is 9.48. The number of benzene rings is 2. The highest BCUT2D eigenvalue weighted by atomic mass is 32.2. The van der Waals surface area contributed by atoms with E-state index in [4.69, 9.17) is 12.2 Å². The summed E-state index contributed by atoms with van der Waals surface area (Å²) in [6, 6.07) is 18.1. The summed E-state index contributed by atoms with van der Waals surface area (Å²) < 4.78 is 13.1. The van der Waals surface area contributed by atoms with Crippen molar-refractivity contribution in [2.45, 2.75) is 32.1 Å². The monoisotopic (exact) mass is 413 g/mol. The highest BCUT2D eigenvalue weighted by Gasteiger charge is 2.42. The van der Waals surface area contributed by atoms with E-state index in [1.807, 2.05) is 55.5 Å². The van der Waals surface area contributed by atoms with Crippen LogP contribution in [0.25, 0.3) is 0 Å². The lowest BCUT2D eigenvalue weighted by molar-refractivity contribution is 0.593. The summed E-state index contributed by atoms with van der Waals surface area (Å²) in [5.74, 6) is 0.950. The van der Waals surface area contributed by atoms with Gasteiger partial charge in [-0.2, -0.15) is 4.99 Å². The van der Waals surface area contributed by atoms with Crippen molar-refractivity contribution in [2.24, 2.45) is 10.9 Å². The zero-order valence-electron chi connectivity index (χ0n) is 16.8. The molecule has 3 rings (SSSR count). The van der Waals surface area contributed by atoms with Gasteiger partial charge < -0.3 is 14.8 Å². The maximum Gasteiger partial charge on any atom is 0.318 e. The van der Waals surface area contributed by atoms with Gasteiger partial charge in [-0.25, -0.2) is 0 Å². The van der Waals surface area contributed by atoms with E-state index in [1.54, 1.807) is 0 Å². The SMILES string of the molecule is CC(C)CN(C)c1ccccc1C[S+]([O-])C1=NC(=S)C(C)(c2ccccc2)N1. The van der Waals surface area contributed by atoms with Crippen molar-refractivity contribution >= 4 is 39.2 Å². The Labute approximate surface area is 176 Å². The van der Waals surface area contributed by atoms with E-state index in [1.165, 1.54) is 0 Å². The third-order valence-corrected chi connectivity index (χ3v) is 6.58. The zero-order chi connectivity index (χ0) is 20.3. The molecule has 2 atom stereocenters. The van der Waals surface area contributed by atoms with Crippen molar-refractivity contribution in [3.8, 4) is 0 Å². The molecule has 0 radical (unpaired) electrons. The zero-order valence-corrected chi connectivity index (χ0v) is 18.4. The van der Waals surface area contributed by atoms with Gasteiger partial charge in [0.25, 0.3) is 0 Å². The summed E-state index contributed by atoms with van der Waals surface area (Å²) in [5.41, 5.74) is 2.58. The third-order valence-electron chi connectivity index (χ3n) is 4.88. The van der Waals surface area contributed by atoms with E-state index in [2.05, 4.69) is 42.2 Å². The number of amidine groups is 1. The molecule has 0 aromatic heterocycles. The normalized spacial score (nSPS) is 20.1. The Bertz CT molecular complexity index is 869. The summed E-state index contributed by atoms with van der Waals surface area (Å²) in [7, 11) is 2.08. The van der Waals surface area contributed by atoms with Gasteiger partial charge in [-0.05, 0) is 24.5 Å². The molecular weight excluding hydrogens is 386 g/mol. The Balaban J connectivity index is 1.77. The predicted molar refractivity (Wildman–Crippen MR) is 123 cm³/mol. The quantitative estimate of drug-likeness (QED) is 0.569. The van der Waals surface area contributed by atoms with Crippen LogP contribution in [0.4, 0.5) is 5.69 Å². The van der Waals surface area contributed by atoms with E-state index >= 15 is 0 Å². The molecule has 28 heavy (non-hydrogen) atoms. The molecule has 0 bridgehead atoms. The van der Waals surface area contributed by atoms with Crippen LogP contribution in [0.1, 0.15) is 31.9 Å². The number of hydrogen-bond donors (Lipinski definition) is 1. The Hall–Kier alpha value is -1.89. The first kappa shape index (κ1) is 20.8. The minimum atomic E-state index is -1.30. The number of thiocarbonyl (C=S) groups is 1. The molecule has 0 saturated carbocycles. The molecular formula is C22H27N3OS2. The maximum atomic E-state index is 13.1. The van der Waals surface area contributed by atoms with Crippen LogP contribution in [0.3, 0.4) is 0 Å². The Morgan fingerprint density at radius 2 is 1.79 bits per heavy atom. The van der Waals surface area contributed by atoms with Crippen LogP contribution in [-0.4, -0.2) is 28.3 Å².